The molecule has 4 heteroatoms. The Morgan fingerprint density at radius 3 is 2.58 bits per heavy atom. The Labute approximate surface area is 184 Å². The molecule has 0 saturated heterocycles. The maximum atomic E-state index is 13.5. The second-order valence-electron chi connectivity index (χ2n) is 9.24. The van der Waals surface area contributed by atoms with Gasteiger partial charge in [0.25, 0.3) is 5.91 Å². The average molecular weight is 415 g/mol. The predicted molar refractivity (Wildman–Crippen MR) is 125 cm³/mol. The summed E-state index contributed by atoms with van der Waals surface area (Å²) in [4.78, 5) is 15.6. The summed E-state index contributed by atoms with van der Waals surface area (Å²) in [5.74, 6) is 1.29. The second kappa shape index (κ2) is 8.01. The van der Waals surface area contributed by atoms with Gasteiger partial charge in [-0.2, -0.15) is 0 Å². The normalized spacial score (nSPS) is 17.0. The molecule has 5 rings (SSSR count). The molecule has 4 nitrogen and oxygen atoms in total. The Kier molecular flexibility index (Phi) is 5.19. The van der Waals surface area contributed by atoms with Crippen LogP contribution in [0.4, 0.5) is 0 Å². The zero-order valence-corrected chi connectivity index (χ0v) is 18.4. The van der Waals surface area contributed by atoms with Gasteiger partial charge in [0, 0.05) is 12.1 Å². The van der Waals surface area contributed by atoms with Crippen molar-refractivity contribution < 1.29 is 9.53 Å². The van der Waals surface area contributed by atoms with Gasteiger partial charge in [-0.05, 0) is 79.7 Å². The topological polar surface area (TPSA) is 41.6 Å². The lowest BCUT2D eigenvalue weighted by atomic mass is 9.96. The van der Waals surface area contributed by atoms with Crippen molar-refractivity contribution in [3.63, 3.8) is 0 Å². The summed E-state index contributed by atoms with van der Waals surface area (Å²) in [5.41, 5.74) is 2.90. The van der Waals surface area contributed by atoms with Crippen molar-refractivity contribution in [1.82, 2.24) is 10.2 Å². The lowest BCUT2D eigenvalue weighted by Gasteiger charge is -2.21. The van der Waals surface area contributed by atoms with E-state index in [2.05, 4.69) is 58.7 Å². The zero-order chi connectivity index (χ0) is 21.4. The van der Waals surface area contributed by atoms with Crippen LogP contribution in [0.5, 0.6) is 5.75 Å². The third-order valence-electron chi connectivity index (χ3n) is 6.50. The maximum absolute atomic E-state index is 13.5. The van der Waals surface area contributed by atoms with Gasteiger partial charge in [-0.3, -0.25) is 4.79 Å². The second-order valence-corrected chi connectivity index (χ2v) is 9.24. The van der Waals surface area contributed by atoms with Crippen LogP contribution in [0, 0.1) is 0 Å². The van der Waals surface area contributed by atoms with Gasteiger partial charge in [0.2, 0.25) is 0 Å². The summed E-state index contributed by atoms with van der Waals surface area (Å²) in [5, 5.41) is 5.86. The first kappa shape index (κ1) is 20.1. The van der Waals surface area contributed by atoms with Crippen molar-refractivity contribution in [2.24, 2.45) is 0 Å². The molecule has 3 aromatic rings. The summed E-state index contributed by atoms with van der Waals surface area (Å²) in [6, 6.07) is 20.9. The highest BCUT2D eigenvalue weighted by molar-refractivity contribution is 5.98. The summed E-state index contributed by atoms with van der Waals surface area (Å²) in [7, 11) is 4.06. The fourth-order valence-corrected chi connectivity index (χ4v) is 4.43. The molecule has 0 aliphatic heterocycles. The standard InChI is InChI=1S/C27H30N2O2/c1-29(2)16-17-31-21-12-13-22(20-10-11-20)24(18-21)26(30)28-27(14-15-27)25-9-5-7-19-6-3-4-8-23(19)25/h3-9,12-13,18,20H,10-11,14-17H2,1-2H3,(H,28,30). The van der Waals surface area contributed by atoms with E-state index in [1.807, 2.05) is 26.2 Å². The number of hydrogen-bond acceptors (Lipinski definition) is 3. The maximum Gasteiger partial charge on any atom is 0.252 e. The van der Waals surface area contributed by atoms with E-state index in [0.717, 1.165) is 49.1 Å². The molecule has 2 fully saturated rings. The van der Waals surface area contributed by atoms with Gasteiger partial charge in [-0.15, -0.1) is 0 Å². The van der Waals surface area contributed by atoms with Crippen molar-refractivity contribution in [3.05, 3.63) is 77.4 Å². The molecule has 1 amide bonds. The van der Waals surface area contributed by atoms with Gasteiger partial charge in [-0.1, -0.05) is 48.5 Å². The molecule has 3 aromatic carbocycles. The molecule has 2 saturated carbocycles. The number of carbonyl (C=O) groups excluding carboxylic acids is 1. The molecule has 0 radical (unpaired) electrons. The van der Waals surface area contributed by atoms with Crippen LogP contribution < -0.4 is 10.1 Å². The minimum absolute atomic E-state index is 0.0189. The van der Waals surface area contributed by atoms with Crippen LogP contribution in [0.15, 0.2) is 60.7 Å². The van der Waals surface area contributed by atoms with Crippen LogP contribution >= 0.6 is 0 Å². The quantitative estimate of drug-likeness (QED) is 0.559. The minimum Gasteiger partial charge on any atom is -0.492 e. The molecule has 0 unspecified atom stereocenters. The van der Waals surface area contributed by atoms with Gasteiger partial charge >= 0.3 is 0 Å². The van der Waals surface area contributed by atoms with Crippen LogP contribution in [0.1, 0.15) is 53.1 Å². The molecule has 0 bridgehead atoms. The van der Waals surface area contributed by atoms with E-state index in [9.17, 15) is 4.79 Å². The van der Waals surface area contributed by atoms with E-state index in [-0.39, 0.29) is 11.4 Å². The molecular formula is C27H30N2O2. The van der Waals surface area contributed by atoms with Gasteiger partial charge in [0.05, 0.1) is 5.54 Å². The predicted octanol–water partition coefficient (Wildman–Crippen LogP) is 5.08. The third-order valence-corrected chi connectivity index (χ3v) is 6.50. The number of nitrogens with one attached hydrogen (secondary N) is 1. The first-order chi connectivity index (χ1) is 15.1. The third kappa shape index (κ3) is 4.17. The van der Waals surface area contributed by atoms with Gasteiger partial charge < -0.3 is 15.0 Å². The molecule has 1 N–H and O–H groups in total. The number of fused-ring (bicyclic) bond motifs is 1. The van der Waals surface area contributed by atoms with E-state index in [1.54, 1.807) is 0 Å². The number of amides is 1. The van der Waals surface area contributed by atoms with Crippen LogP contribution in [0.25, 0.3) is 10.8 Å². The van der Waals surface area contributed by atoms with Crippen LogP contribution in [0.3, 0.4) is 0 Å². The highest BCUT2D eigenvalue weighted by atomic mass is 16.5. The Morgan fingerprint density at radius 1 is 1.06 bits per heavy atom. The molecule has 0 aromatic heterocycles. The van der Waals surface area contributed by atoms with Crippen molar-refractivity contribution >= 4 is 16.7 Å². The van der Waals surface area contributed by atoms with Crippen LogP contribution in [0.2, 0.25) is 0 Å². The number of ether oxygens (including phenoxy) is 1. The Bertz CT molecular complexity index is 1110. The summed E-state index contributed by atoms with van der Waals surface area (Å²) in [6.07, 6.45) is 4.28. The Morgan fingerprint density at radius 2 is 1.84 bits per heavy atom. The molecular weight excluding hydrogens is 384 g/mol. The lowest BCUT2D eigenvalue weighted by molar-refractivity contribution is 0.0929. The van der Waals surface area contributed by atoms with Crippen molar-refractivity contribution in [3.8, 4) is 5.75 Å². The van der Waals surface area contributed by atoms with E-state index >= 15 is 0 Å². The van der Waals surface area contributed by atoms with E-state index in [0.29, 0.717) is 12.5 Å². The molecule has 2 aliphatic rings. The van der Waals surface area contributed by atoms with E-state index in [4.69, 9.17) is 4.74 Å². The van der Waals surface area contributed by atoms with Gasteiger partial charge in [-0.25, -0.2) is 0 Å². The smallest absolute Gasteiger partial charge is 0.252 e. The number of nitrogens with zero attached hydrogens (tertiary/aromatic N) is 1. The molecule has 0 heterocycles. The SMILES string of the molecule is CN(C)CCOc1ccc(C2CC2)c(C(=O)NC2(c3cccc4ccccc34)CC2)c1. The van der Waals surface area contributed by atoms with Crippen LogP contribution in [-0.4, -0.2) is 38.1 Å². The summed E-state index contributed by atoms with van der Waals surface area (Å²) in [6.45, 7) is 1.45. The molecule has 0 atom stereocenters. The monoisotopic (exact) mass is 414 g/mol. The molecule has 160 valence electrons. The van der Waals surface area contributed by atoms with Gasteiger partial charge in [0.1, 0.15) is 12.4 Å². The minimum atomic E-state index is -0.263. The zero-order valence-electron chi connectivity index (χ0n) is 18.4. The molecule has 31 heavy (non-hydrogen) atoms. The summed E-state index contributed by atoms with van der Waals surface area (Å²) >= 11 is 0. The largest absolute Gasteiger partial charge is 0.492 e. The van der Waals surface area contributed by atoms with Crippen molar-refractivity contribution in [2.45, 2.75) is 37.1 Å². The highest BCUT2D eigenvalue weighted by Gasteiger charge is 2.47. The number of benzene rings is 3. The Balaban J connectivity index is 1.42. The lowest BCUT2D eigenvalue weighted by Crippen LogP contribution is -2.35. The molecule has 0 spiro atoms. The molecule has 2 aliphatic carbocycles. The number of hydrogen-bond donors (Lipinski definition) is 1. The number of likely N-dealkylation sites (N-methyl/N-ethyl adjacent to an activating group) is 1. The summed E-state index contributed by atoms with van der Waals surface area (Å²) < 4.78 is 5.93. The van der Waals surface area contributed by atoms with Gasteiger partial charge in [0.15, 0.2) is 0 Å². The fraction of sp³-hybridized carbons (Fsp3) is 0.370. The Hall–Kier alpha value is -2.85. The van der Waals surface area contributed by atoms with Crippen LogP contribution in [-0.2, 0) is 5.54 Å². The highest BCUT2D eigenvalue weighted by Crippen LogP contribution is 2.49. The van der Waals surface area contributed by atoms with Crippen molar-refractivity contribution in [2.75, 3.05) is 27.2 Å². The van der Waals surface area contributed by atoms with E-state index in [1.165, 1.54) is 16.3 Å². The number of rotatable bonds is 8. The van der Waals surface area contributed by atoms with Crippen molar-refractivity contribution in [1.29, 1.82) is 0 Å². The first-order valence-corrected chi connectivity index (χ1v) is 11.3. The first-order valence-electron chi connectivity index (χ1n) is 11.3. The van der Waals surface area contributed by atoms with E-state index < -0.39 is 0 Å². The average Bonchev–Trinajstić information content (AvgIpc) is 3.69. The fourth-order valence-electron chi connectivity index (χ4n) is 4.43. The number of carbonyl (C=O) groups is 1.